The minimum atomic E-state index is -0.355. The van der Waals surface area contributed by atoms with Crippen LogP contribution in [0, 0.1) is 0 Å². The average Bonchev–Trinajstić information content (AvgIpc) is 3.35. The van der Waals surface area contributed by atoms with Gasteiger partial charge in [0.2, 0.25) is 5.89 Å². The number of oxazole rings is 1. The predicted octanol–water partition coefficient (Wildman–Crippen LogP) is 4.97. The maximum atomic E-state index is 12.4. The summed E-state index contributed by atoms with van der Waals surface area (Å²) >= 11 is 5.93. The number of esters is 1. The first-order chi connectivity index (χ1) is 13.1. The van der Waals surface area contributed by atoms with E-state index in [1.165, 1.54) is 0 Å². The molecule has 1 aliphatic heterocycles. The van der Waals surface area contributed by atoms with Gasteiger partial charge in [0.15, 0.2) is 5.58 Å². The summed E-state index contributed by atoms with van der Waals surface area (Å²) in [4.78, 5) is 16.9. The molecular formula is C21H22Cl2N2O3. The topological polar surface area (TPSA) is 64.4 Å². The van der Waals surface area contributed by atoms with Crippen molar-refractivity contribution in [1.29, 1.82) is 0 Å². The second-order valence-electron chi connectivity index (χ2n) is 6.90. The molecule has 0 radical (unpaired) electrons. The molecule has 1 N–H and O–H groups in total. The molecule has 2 atom stereocenters. The molecular weight excluding hydrogens is 399 g/mol. The van der Waals surface area contributed by atoms with Crippen molar-refractivity contribution in [3.8, 4) is 11.5 Å². The van der Waals surface area contributed by atoms with Crippen LogP contribution in [-0.4, -0.2) is 30.1 Å². The van der Waals surface area contributed by atoms with Gasteiger partial charge in [0.1, 0.15) is 12.1 Å². The maximum absolute atomic E-state index is 12.4. The third-order valence-corrected chi connectivity index (χ3v) is 5.20. The van der Waals surface area contributed by atoms with Crippen molar-refractivity contribution in [2.24, 2.45) is 0 Å². The number of hydrogen-bond acceptors (Lipinski definition) is 5. The SMILES string of the molecule is CC(C(=O)OCC1CCCN1)c1ccc2oc(-c3ccc(Cl)cc3)nc2c1.Cl. The van der Waals surface area contributed by atoms with Crippen LogP contribution >= 0.6 is 24.0 Å². The van der Waals surface area contributed by atoms with Crippen molar-refractivity contribution < 1.29 is 13.9 Å². The lowest BCUT2D eigenvalue weighted by atomic mass is 10.0. The summed E-state index contributed by atoms with van der Waals surface area (Å²) < 4.78 is 11.3. The molecule has 28 heavy (non-hydrogen) atoms. The molecule has 4 rings (SSSR count). The molecule has 0 aliphatic carbocycles. The molecule has 1 aromatic heterocycles. The Labute approximate surface area is 174 Å². The largest absolute Gasteiger partial charge is 0.464 e. The fourth-order valence-corrected chi connectivity index (χ4v) is 3.40. The van der Waals surface area contributed by atoms with Crippen molar-refractivity contribution >= 4 is 41.1 Å². The van der Waals surface area contributed by atoms with Gasteiger partial charge in [0, 0.05) is 16.6 Å². The number of carbonyl (C=O) groups is 1. The fraction of sp³-hybridized carbons (Fsp3) is 0.333. The molecule has 1 aliphatic rings. The molecule has 148 valence electrons. The monoisotopic (exact) mass is 420 g/mol. The first-order valence-corrected chi connectivity index (χ1v) is 9.54. The van der Waals surface area contributed by atoms with Crippen LogP contribution in [0.3, 0.4) is 0 Å². The zero-order valence-electron chi connectivity index (χ0n) is 15.5. The molecule has 0 amide bonds. The Kier molecular flexibility index (Phi) is 6.60. The predicted molar refractivity (Wildman–Crippen MR) is 112 cm³/mol. The number of nitrogens with zero attached hydrogens (tertiary/aromatic N) is 1. The van der Waals surface area contributed by atoms with Crippen LogP contribution in [0.4, 0.5) is 0 Å². The normalized spacial score (nSPS) is 17.3. The molecule has 7 heteroatoms. The summed E-state index contributed by atoms with van der Waals surface area (Å²) in [5.41, 5.74) is 3.12. The van der Waals surface area contributed by atoms with Crippen LogP contribution in [0.25, 0.3) is 22.6 Å². The highest BCUT2D eigenvalue weighted by atomic mass is 35.5. The number of hydrogen-bond donors (Lipinski definition) is 1. The third kappa shape index (κ3) is 4.49. The first kappa shape index (κ1) is 20.6. The van der Waals surface area contributed by atoms with Gasteiger partial charge in [0.05, 0.1) is 5.92 Å². The number of carbonyl (C=O) groups excluding carboxylic acids is 1. The van der Waals surface area contributed by atoms with Gasteiger partial charge < -0.3 is 14.5 Å². The van der Waals surface area contributed by atoms with Crippen LogP contribution in [0.2, 0.25) is 5.02 Å². The van der Waals surface area contributed by atoms with Crippen molar-refractivity contribution in [1.82, 2.24) is 10.3 Å². The van der Waals surface area contributed by atoms with Gasteiger partial charge >= 0.3 is 5.97 Å². The smallest absolute Gasteiger partial charge is 0.313 e. The van der Waals surface area contributed by atoms with E-state index < -0.39 is 0 Å². The van der Waals surface area contributed by atoms with Crippen LogP contribution in [-0.2, 0) is 9.53 Å². The average molecular weight is 421 g/mol. The van der Waals surface area contributed by atoms with Gasteiger partial charge in [-0.3, -0.25) is 4.79 Å². The molecule has 2 aromatic carbocycles. The molecule has 1 saturated heterocycles. The molecule has 1 fully saturated rings. The van der Waals surface area contributed by atoms with Crippen LogP contribution in [0.15, 0.2) is 46.9 Å². The van der Waals surface area contributed by atoms with E-state index in [1.54, 1.807) is 12.1 Å². The zero-order chi connectivity index (χ0) is 18.8. The Morgan fingerprint density at radius 2 is 2.11 bits per heavy atom. The summed E-state index contributed by atoms with van der Waals surface area (Å²) in [6.45, 7) is 3.28. The minimum absolute atomic E-state index is 0. The summed E-state index contributed by atoms with van der Waals surface area (Å²) in [6, 6.07) is 13.2. The Hall–Kier alpha value is -2.08. The maximum Gasteiger partial charge on any atom is 0.313 e. The Morgan fingerprint density at radius 3 is 2.82 bits per heavy atom. The van der Waals surface area contributed by atoms with Gasteiger partial charge in [-0.05, 0) is 68.3 Å². The molecule has 3 aromatic rings. The Bertz CT molecular complexity index is 950. The van der Waals surface area contributed by atoms with Crippen molar-refractivity contribution in [2.45, 2.75) is 31.7 Å². The van der Waals surface area contributed by atoms with Crippen LogP contribution < -0.4 is 5.32 Å². The van der Waals surface area contributed by atoms with E-state index >= 15 is 0 Å². The lowest BCUT2D eigenvalue weighted by molar-refractivity contribution is -0.145. The van der Waals surface area contributed by atoms with Crippen LogP contribution in [0.1, 0.15) is 31.2 Å². The van der Waals surface area contributed by atoms with E-state index in [0.29, 0.717) is 23.1 Å². The number of ether oxygens (including phenoxy) is 1. The van der Waals surface area contributed by atoms with E-state index in [1.807, 2.05) is 37.3 Å². The molecule has 0 saturated carbocycles. The number of rotatable bonds is 5. The number of nitrogens with one attached hydrogen (secondary N) is 1. The summed E-state index contributed by atoms with van der Waals surface area (Å²) in [5.74, 6) is -0.0442. The Morgan fingerprint density at radius 1 is 1.32 bits per heavy atom. The van der Waals surface area contributed by atoms with E-state index in [9.17, 15) is 4.79 Å². The van der Waals surface area contributed by atoms with E-state index in [0.717, 1.165) is 36.0 Å². The van der Waals surface area contributed by atoms with Gasteiger partial charge in [-0.25, -0.2) is 4.98 Å². The lowest BCUT2D eigenvalue weighted by Gasteiger charge is -2.14. The highest BCUT2D eigenvalue weighted by Crippen LogP contribution is 2.28. The van der Waals surface area contributed by atoms with Crippen LogP contribution in [0.5, 0.6) is 0 Å². The molecule has 0 spiro atoms. The highest BCUT2D eigenvalue weighted by molar-refractivity contribution is 6.30. The third-order valence-electron chi connectivity index (χ3n) is 4.95. The van der Waals surface area contributed by atoms with Gasteiger partial charge in [0.25, 0.3) is 0 Å². The number of benzene rings is 2. The Balaban J connectivity index is 0.00000225. The van der Waals surface area contributed by atoms with E-state index in [-0.39, 0.29) is 30.3 Å². The second kappa shape index (κ2) is 8.95. The van der Waals surface area contributed by atoms with Crippen molar-refractivity contribution in [3.63, 3.8) is 0 Å². The molecule has 2 heterocycles. The first-order valence-electron chi connectivity index (χ1n) is 9.16. The second-order valence-corrected chi connectivity index (χ2v) is 7.33. The number of fused-ring (bicyclic) bond motifs is 1. The molecule has 2 unspecified atom stereocenters. The summed E-state index contributed by atoms with van der Waals surface area (Å²) in [6.07, 6.45) is 2.19. The quantitative estimate of drug-likeness (QED) is 0.590. The zero-order valence-corrected chi connectivity index (χ0v) is 17.1. The van der Waals surface area contributed by atoms with E-state index in [2.05, 4.69) is 10.3 Å². The minimum Gasteiger partial charge on any atom is -0.464 e. The van der Waals surface area contributed by atoms with Gasteiger partial charge in [-0.2, -0.15) is 0 Å². The highest BCUT2D eigenvalue weighted by Gasteiger charge is 2.21. The number of aromatic nitrogens is 1. The fourth-order valence-electron chi connectivity index (χ4n) is 3.27. The standard InChI is InChI=1S/C21H21ClN2O3.ClH/c1-13(21(25)26-12-17-3-2-10-23-17)15-6-9-19-18(11-15)24-20(27-19)14-4-7-16(22)8-5-14;/h4-9,11,13,17,23H,2-3,10,12H2,1H3;1H. The molecule has 5 nitrogen and oxygen atoms in total. The van der Waals surface area contributed by atoms with Gasteiger partial charge in [-0.1, -0.05) is 17.7 Å². The lowest BCUT2D eigenvalue weighted by Crippen LogP contribution is -2.29. The molecule has 0 bridgehead atoms. The summed E-state index contributed by atoms with van der Waals surface area (Å²) in [7, 11) is 0. The van der Waals surface area contributed by atoms with E-state index in [4.69, 9.17) is 20.8 Å². The van der Waals surface area contributed by atoms with Crippen molar-refractivity contribution in [2.75, 3.05) is 13.2 Å². The summed E-state index contributed by atoms with van der Waals surface area (Å²) in [5, 5.41) is 3.99. The number of halogens is 2. The van der Waals surface area contributed by atoms with Gasteiger partial charge in [-0.15, -0.1) is 12.4 Å². The van der Waals surface area contributed by atoms with Crippen molar-refractivity contribution in [3.05, 3.63) is 53.1 Å².